The Bertz CT molecular complexity index is 816. The summed E-state index contributed by atoms with van der Waals surface area (Å²) in [6.45, 7) is 0. The van der Waals surface area contributed by atoms with E-state index in [0.29, 0.717) is 14.6 Å². The highest BCUT2D eigenvalue weighted by molar-refractivity contribution is 7.19. The smallest absolute Gasteiger partial charge is 0.287 e. The number of halogens is 3. The maximum absolute atomic E-state index is 12.8. The van der Waals surface area contributed by atoms with Gasteiger partial charge in [0.1, 0.15) is 11.4 Å². The summed E-state index contributed by atoms with van der Waals surface area (Å²) in [7, 11) is 1.25. The fourth-order valence-corrected chi connectivity index (χ4v) is 3.64. The van der Waals surface area contributed by atoms with Crippen molar-refractivity contribution in [1.29, 1.82) is 0 Å². The number of nitrogens with zero attached hydrogens (tertiary/aromatic N) is 2. The number of thiophene rings is 2. The first-order valence-corrected chi connectivity index (χ1v) is 7.85. The monoisotopic (exact) mass is 342 g/mol. The van der Waals surface area contributed by atoms with E-state index in [9.17, 15) is 18.0 Å². The zero-order valence-corrected chi connectivity index (χ0v) is 12.9. The van der Waals surface area contributed by atoms with Crippen LogP contribution >= 0.6 is 22.7 Å². The molecular weight excluding hydrogens is 333 g/mol. The fraction of sp³-hybridized carbons (Fsp3) is 0.143. The fourth-order valence-electron chi connectivity index (χ4n) is 1.98. The predicted molar refractivity (Wildman–Crippen MR) is 79.3 cm³/mol. The van der Waals surface area contributed by atoms with Gasteiger partial charge in [-0.2, -0.15) is 18.3 Å². The second kappa shape index (κ2) is 5.36. The molecule has 8 heteroatoms. The average molecular weight is 342 g/mol. The Kier molecular flexibility index (Phi) is 3.65. The standard InChI is InChI=1S/C14H9F3N2OS2/c1-19-12(14(15,16)17)7-8(18-19)9-4-5-11(22-9)13(20)10-3-2-6-21-10/h2-7H,1H3. The lowest BCUT2D eigenvalue weighted by Crippen LogP contribution is -2.11. The highest BCUT2D eigenvalue weighted by atomic mass is 32.1. The number of ketones is 1. The maximum atomic E-state index is 12.8. The molecule has 0 spiro atoms. The Morgan fingerprint density at radius 3 is 2.59 bits per heavy atom. The van der Waals surface area contributed by atoms with Crippen LogP contribution in [0.1, 0.15) is 20.2 Å². The van der Waals surface area contributed by atoms with E-state index in [2.05, 4.69) is 5.10 Å². The van der Waals surface area contributed by atoms with Crippen LogP contribution < -0.4 is 0 Å². The molecule has 0 N–H and O–H groups in total. The topological polar surface area (TPSA) is 34.9 Å². The van der Waals surface area contributed by atoms with Crippen LogP contribution in [0, 0.1) is 0 Å². The van der Waals surface area contributed by atoms with Gasteiger partial charge in [0.15, 0.2) is 0 Å². The van der Waals surface area contributed by atoms with Gasteiger partial charge >= 0.3 is 6.18 Å². The largest absolute Gasteiger partial charge is 0.433 e. The van der Waals surface area contributed by atoms with Crippen LogP contribution in [-0.4, -0.2) is 15.6 Å². The number of aryl methyl sites for hydroxylation is 1. The SMILES string of the molecule is Cn1nc(-c2ccc(C(=O)c3cccs3)s2)cc1C(F)(F)F. The molecule has 3 aromatic heterocycles. The van der Waals surface area contributed by atoms with Crippen LogP contribution in [0.25, 0.3) is 10.6 Å². The number of hydrogen-bond acceptors (Lipinski definition) is 4. The number of alkyl halides is 3. The third-order valence-corrected chi connectivity index (χ3v) is 4.97. The summed E-state index contributed by atoms with van der Waals surface area (Å²) >= 11 is 2.47. The first-order chi connectivity index (χ1) is 10.4. The van der Waals surface area contributed by atoms with Crippen molar-refractivity contribution in [2.45, 2.75) is 6.18 Å². The van der Waals surface area contributed by atoms with Crippen molar-refractivity contribution in [3.63, 3.8) is 0 Å². The molecule has 0 aliphatic heterocycles. The lowest BCUT2D eigenvalue weighted by Gasteiger charge is -2.04. The molecule has 3 nitrogen and oxygen atoms in total. The Labute approximate surface area is 131 Å². The van der Waals surface area contributed by atoms with E-state index in [1.165, 1.54) is 18.4 Å². The van der Waals surface area contributed by atoms with Crippen molar-refractivity contribution in [2.75, 3.05) is 0 Å². The molecule has 0 radical (unpaired) electrons. The van der Waals surface area contributed by atoms with Crippen LogP contribution in [0.15, 0.2) is 35.7 Å². The summed E-state index contributed by atoms with van der Waals surface area (Å²) in [6, 6.07) is 7.72. The minimum absolute atomic E-state index is 0.127. The summed E-state index contributed by atoms with van der Waals surface area (Å²) in [5.74, 6) is -0.127. The molecule has 0 aromatic carbocycles. The highest BCUT2D eigenvalue weighted by Gasteiger charge is 2.35. The third-order valence-electron chi connectivity index (χ3n) is 3.00. The van der Waals surface area contributed by atoms with Gasteiger partial charge in [-0.3, -0.25) is 9.48 Å². The molecule has 3 aromatic rings. The zero-order valence-electron chi connectivity index (χ0n) is 11.2. The van der Waals surface area contributed by atoms with E-state index in [-0.39, 0.29) is 11.5 Å². The van der Waals surface area contributed by atoms with Crippen molar-refractivity contribution < 1.29 is 18.0 Å². The molecule has 22 heavy (non-hydrogen) atoms. The summed E-state index contributed by atoms with van der Waals surface area (Å²) in [5, 5.41) is 5.68. The molecular formula is C14H9F3N2OS2. The van der Waals surface area contributed by atoms with E-state index in [1.807, 2.05) is 0 Å². The molecule has 3 heterocycles. The van der Waals surface area contributed by atoms with Crippen molar-refractivity contribution >= 4 is 28.5 Å². The van der Waals surface area contributed by atoms with Gasteiger partial charge in [-0.15, -0.1) is 22.7 Å². The maximum Gasteiger partial charge on any atom is 0.433 e. The van der Waals surface area contributed by atoms with E-state index in [4.69, 9.17) is 0 Å². The summed E-state index contributed by atoms with van der Waals surface area (Å²) in [6.07, 6.45) is -4.45. The van der Waals surface area contributed by atoms with Gasteiger partial charge in [-0.1, -0.05) is 6.07 Å². The van der Waals surface area contributed by atoms with Crippen LogP contribution in [0.3, 0.4) is 0 Å². The molecule has 0 saturated carbocycles. The quantitative estimate of drug-likeness (QED) is 0.659. The summed E-state index contributed by atoms with van der Waals surface area (Å²) < 4.78 is 39.2. The van der Waals surface area contributed by atoms with E-state index >= 15 is 0 Å². The Morgan fingerprint density at radius 1 is 1.23 bits per heavy atom. The highest BCUT2D eigenvalue weighted by Crippen LogP contribution is 2.34. The number of rotatable bonds is 3. The minimum Gasteiger partial charge on any atom is -0.287 e. The van der Waals surface area contributed by atoms with Gasteiger partial charge in [-0.25, -0.2) is 0 Å². The lowest BCUT2D eigenvalue weighted by atomic mass is 10.2. The van der Waals surface area contributed by atoms with Crippen molar-refractivity contribution in [3.05, 3.63) is 51.2 Å². The average Bonchev–Trinajstić information content (AvgIpc) is 3.17. The first-order valence-electron chi connectivity index (χ1n) is 6.16. The van der Waals surface area contributed by atoms with Crippen molar-refractivity contribution in [1.82, 2.24) is 9.78 Å². The van der Waals surface area contributed by atoms with Crippen LogP contribution in [0.2, 0.25) is 0 Å². The minimum atomic E-state index is -4.45. The molecule has 0 unspecified atom stereocenters. The van der Waals surface area contributed by atoms with Gasteiger partial charge in [0, 0.05) is 7.05 Å². The van der Waals surface area contributed by atoms with E-state index < -0.39 is 11.9 Å². The van der Waals surface area contributed by atoms with Crippen LogP contribution in [-0.2, 0) is 13.2 Å². The van der Waals surface area contributed by atoms with Crippen LogP contribution in [0.5, 0.6) is 0 Å². The molecule has 0 aliphatic rings. The molecule has 0 atom stereocenters. The number of hydrogen-bond donors (Lipinski definition) is 0. The third kappa shape index (κ3) is 2.71. The van der Waals surface area contributed by atoms with Crippen molar-refractivity contribution in [2.24, 2.45) is 7.05 Å². The summed E-state index contributed by atoms with van der Waals surface area (Å²) in [5.41, 5.74) is -0.605. The molecule has 114 valence electrons. The first kappa shape index (κ1) is 15.0. The summed E-state index contributed by atoms with van der Waals surface area (Å²) in [4.78, 5) is 13.8. The Balaban J connectivity index is 1.93. The van der Waals surface area contributed by atoms with Gasteiger partial charge < -0.3 is 0 Å². The normalized spacial score (nSPS) is 11.8. The van der Waals surface area contributed by atoms with Gasteiger partial charge in [0.05, 0.1) is 14.6 Å². The molecule has 0 amide bonds. The molecule has 0 bridgehead atoms. The van der Waals surface area contributed by atoms with Gasteiger partial charge in [-0.05, 0) is 29.6 Å². The Hall–Kier alpha value is -1.93. The molecule has 0 aliphatic carbocycles. The van der Waals surface area contributed by atoms with E-state index in [0.717, 1.165) is 22.1 Å². The number of carbonyl (C=O) groups excluding carboxylic acids is 1. The number of aromatic nitrogens is 2. The predicted octanol–water partition coefficient (Wildman–Crippen LogP) is 4.46. The second-order valence-electron chi connectivity index (χ2n) is 4.51. The second-order valence-corrected chi connectivity index (χ2v) is 6.54. The van der Waals surface area contributed by atoms with Crippen LogP contribution in [0.4, 0.5) is 13.2 Å². The Morgan fingerprint density at radius 2 is 2.00 bits per heavy atom. The zero-order chi connectivity index (χ0) is 15.9. The van der Waals surface area contributed by atoms with Crippen molar-refractivity contribution in [3.8, 4) is 10.6 Å². The number of carbonyl (C=O) groups is 1. The molecule has 0 fully saturated rings. The molecule has 3 rings (SSSR count). The van der Waals surface area contributed by atoms with E-state index in [1.54, 1.807) is 29.6 Å². The molecule has 0 saturated heterocycles. The van der Waals surface area contributed by atoms with Gasteiger partial charge in [0.25, 0.3) is 0 Å². The lowest BCUT2D eigenvalue weighted by molar-refractivity contribution is -0.143. The van der Waals surface area contributed by atoms with Gasteiger partial charge in [0.2, 0.25) is 5.78 Å².